The number of ether oxygens (including phenoxy) is 3. The second kappa shape index (κ2) is 13.0. The van der Waals surface area contributed by atoms with Crippen molar-refractivity contribution in [3.05, 3.63) is 125 Å². The monoisotopic (exact) mass is 590 g/mol. The normalized spacial score (nSPS) is 15.1. The van der Waals surface area contributed by atoms with Crippen LogP contribution in [0.15, 0.2) is 97.1 Å². The minimum absolute atomic E-state index is 0.109. The average molecular weight is 591 g/mol. The van der Waals surface area contributed by atoms with Crippen molar-refractivity contribution in [1.82, 2.24) is 4.57 Å². The topological polar surface area (TPSA) is 73.2 Å². The number of likely N-dealkylation sites (N-methyl/N-ethyl adjacent to an activating group) is 1. The number of nitrogens with zero attached hydrogens (tertiary/aromatic N) is 2. The van der Waals surface area contributed by atoms with Crippen LogP contribution in [0.1, 0.15) is 32.7 Å². The molecule has 0 saturated heterocycles. The van der Waals surface area contributed by atoms with Crippen molar-refractivity contribution < 1.29 is 24.1 Å². The van der Waals surface area contributed by atoms with Crippen LogP contribution in [-0.2, 0) is 17.8 Å². The first-order valence-electron chi connectivity index (χ1n) is 15.0. The predicted octanol–water partition coefficient (Wildman–Crippen LogP) is 6.34. The van der Waals surface area contributed by atoms with E-state index >= 15 is 0 Å². The fourth-order valence-corrected chi connectivity index (χ4v) is 5.89. The van der Waals surface area contributed by atoms with Gasteiger partial charge in [-0.15, -0.1) is 0 Å². The molecule has 0 radical (unpaired) electrons. The molecule has 7 heteroatoms. The molecule has 1 aliphatic heterocycles. The number of benzene rings is 4. The Bertz CT molecular complexity index is 1750. The van der Waals surface area contributed by atoms with Crippen LogP contribution >= 0.6 is 0 Å². The standard InChI is InChI=1S/C37H38N2O5/c1-25-13-18-35-36(19-25)44-31(21-38(35)3)24-43-30-16-14-28(15-17-30)37(41)39-26(2)33(32-11-7-8-12-34(32)39)20-29(40)23-42-22-27-9-5-4-6-10-27/h4-19,29,31,40H,20-24H2,1-3H3/t29?,31-/m0/s1. The minimum atomic E-state index is -0.700. The summed E-state index contributed by atoms with van der Waals surface area (Å²) in [5.41, 5.74) is 6.42. The molecule has 1 N–H and O–H groups in total. The van der Waals surface area contributed by atoms with Crippen molar-refractivity contribution in [2.75, 3.05) is 31.7 Å². The summed E-state index contributed by atoms with van der Waals surface area (Å²) in [5.74, 6) is 1.42. The second-order valence-corrected chi connectivity index (χ2v) is 11.5. The maximum Gasteiger partial charge on any atom is 0.262 e. The van der Waals surface area contributed by atoms with Crippen molar-refractivity contribution in [1.29, 1.82) is 0 Å². The third-order valence-electron chi connectivity index (χ3n) is 8.14. The zero-order chi connectivity index (χ0) is 30.6. The molecule has 2 heterocycles. The Labute approximate surface area is 258 Å². The predicted molar refractivity (Wildman–Crippen MR) is 173 cm³/mol. The van der Waals surface area contributed by atoms with Gasteiger partial charge in [-0.2, -0.15) is 0 Å². The highest BCUT2D eigenvalue weighted by Crippen LogP contribution is 2.33. The number of aryl methyl sites for hydroxylation is 1. The second-order valence-electron chi connectivity index (χ2n) is 11.5. The summed E-state index contributed by atoms with van der Waals surface area (Å²) in [4.78, 5) is 16.0. The molecule has 1 aromatic heterocycles. The third kappa shape index (κ3) is 6.34. The molecule has 5 aromatic rings. The highest BCUT2D eigenvalue weighted by Gasteiger charge is 2.25. The summed E-state index contributed by atoms with van der Waals surface area (Å²) in [6, 6.07) is 31.2. The van der Waals surface area contributed by atoms with Gasteiger partial charge in [-0.25, -0.2) is 0 Å². The number of hydrogen-bond donors (Lipinski definition) is 1. The molecule has 44 heavy (non-hydrogen) atoms. The van der Waals surface area contributed by atoms with Gasteiger partial charge >= 0.3 is 0 Å². The van der Waals surface area contributed by atoms with Gasteiger partial charge in [0.1, 0.15) is 24.2 Å². The summed E-state index contributed by atoms with van der Waals surface area (Å²) in [6.45, 7) is 5.75. The van der Waals surface area contributed by atoms with Crippen LogP contribution in [0, 0.1) is 13.8 Å². The van der Waals surface area contributed by atoms with E-state index in [1.807, 2.05) is 73.7 Å². The van der Waals surface area contributed by atoms with Crippen LogP contribution in [0.25, 0.3) is 10.9 Å². The number of fused-ring (bicyclic) bond motifs is 2. The number of aliphatic hydroxyl groups excluding tert-OH is 1. The summed E-state index contributed by atoms with van der Waals surface area (Å²) in [6.07, 6.45) is -0.424. The molecule has 0 spiro atoms. The smallest absolute Gasteiger partial charge is 0.262 e. The Morgan fingerprint density at radius 2 is 1.73 bits per heavy atom. The van der Waals surface area contributed by atoms with Gasteiger partial charge in [0.15, 0.2) is 0 Å². The van der Waals surface area contributed by atoms with Crippen LogP contribution in [0.4, 0.5) is 5.69 Å². The molecule has 2 atom stereocenters. The summed E-state index contributed by atoms with van der Waals surface area (Å²) < 4.78 is 19.8. The maximum absolute atomic E-state index is 13.8. The lowest BCUT2D eigenvalue weighted by atomic mass is 10.0. The Morgan fingerprint density at radius 1 is 0.977 bits per heavy atom. The van der Waals surface area contributed by atoms with E-state index in [-0.39, 0.29) is 18.6 Å². The van der Waals surface area contributed by atoms with Crippen molar-refractivity contribution in [2.24, 2.45) is 0 Å². The van der Waals surface area contributed by atoms with Gasteiger partial charge < -0.3 is 24.2 Å². The largest absolute Gasteiger partial charge is 0.490 e. The van der Waals surface area contributed by atoms with Gasteiger partial charge in [0.25, 0.3) is 5.91 Å². The lowest BCUT2D eigenvalue weighted by Gasteiger charge is -2.33. The Kier molecular flexibility index (Phi) is 8.68. The van der Waals surface area contributed by atoms with Gasteiger partial charge in [-0.1, -0.05) is 54.6 Å². The average Bonchev–Trinajstić information content (AvgIpc) is 3.30. The van der Waals surface area contributed by atoms with E-state index in [2.05, 4.69) is 37.1 Å². The number of carbonyl (C=O) groups is 1. The summed E-state index contributed by atoms with van der Waals surface area (Å²) in [5, 5.41) is 11.8. The summed E-state index contributed by atoms with van der Waals surface area (Å²) in [7, 11) is 2.06. The maximum atomic E-state index is 13.8. The SMILES string of the molecule is Cc1ccc2c(c1)O[C@H](COc1ccc(C(=O)n3c(C)c(CC(O)COCc4ccccc4)c4ccccc43)cc1)CN2C. The number of aromatic nitrogens is 1. The molecule has 0 amide bonds. The Hall–Kier alpha value is -4.59. The third-order valence-corrected chi connectivity index (χ3v) is 8.14. The molecule has 6 rings (SSSR count). The Morgan fingerprint density at radius 3 is 2.52 bits per heavy atom. The van der Waals surface area contributed by atoms with Crippen molar-refractivity contribution in [3.8, 4) is 11.5 Å². The number of rotatable bonds is 10. The molecule has 0 bridgehead atoms. The van der Waals surface area contributed by atoms with E-state index in [1.165, 1.54) is 0 Å². The number of anilines is 1. The lowest BCUT2D eigenvalue weighted by Crippen LogP contribution is -2.41. The van der Waals surface area contributed by atoms with Crippen LogP contribution in [0.2, 0.25) is 0 Å². The molecule has 0 saturated carbocycles. The molecular formula is C37H38N2O5. The van der Waals surface area contributed by atoms with E-state index in [1.54, 1.807) is 16.7 Å². The van der Waals surface area contributed by atoms with E-state index in [0.717, 1.165) is 51.3 Å². The van der Waals surface area contributed by atoms with Crippen molar-refractivity contribution >= 4 is 22.5 Å². The highest BCUT2D eigenvalue weighted by molar-refractivity contribution is 6.04. The van der Waals surface area contributed by atoms with E-state index in [4.69, 9.17) is 14.2 Å². The first-order valence-corrected chi connectivity index (χ1v) is 15.0. The number of carbonyl (C=O) groups excluding carboxylic acids is 1. The highest BCUT2D eigenvalue weighted by atomic mass is 16.5. The molecule has 7 nitrogen and oxygen atoms in total. The first-order chi connectivity index (χ1) is 21.4. The van der Waals surface area contributed by atoms with Gasteiger partial charge in [0, 0.05) is 30.1 Å². The fourth-order valence-electron chi connectivity index (χ4n) is 5.89. The lowest BCUT2D eigenvalue weighted by molar-refractivity contribution is 0.0289. The zero-order valence-electron chi connectivity index (χ0n) is 25.4. The Balaban J connectivity index is 1.12. The zero-order valence-corrected chi connectivity index (χ0v) is 25.4. The molecule has 1 aliphatic rings. The fraction of sp³-hybridized carbons (Fsp3) is 0.270. The van der Waals surface area contributed by atoms with E-state index in [0.29, 0.717) is 30.9 Å². The van der Waals surface area contributed by atoms with Crippen molar-refractivity contribution in [3.63, 3.8) is 0 Å². The van der Waals surface area contributed by atoms with Gasteiger partial charge in [0.05, 0.1) is 37.1 Å². The van der Waals surface area contributed by atoms with Gasteiger partial charge in [0.2, 0.25) is 0 Å². The summed E-state index contributed by atoms with van der Waals surface area (Å²) >= 11 is 0. The van der Waals surface area contributed by atoms with Crippen LogP contribution in [0.5, 0.6) is 11.5 Å². The van der Waals surface area contributed by atoms with Crippen LogP contribution in [-0.4, -0.2) is 54.6 Å². The van der Waals surface area contributed by atoms with Gasteiger partial charge in [-0.3, -0.25) is 9.36 Å². The first kappa shape index (κ1) is 29.5. The molecule has 226 valence electrons. The molecule has 0 fully saturated rings. The number of aliphatic hydroxyl groups is 1. The van der Waals surface area contributed by atoms with E-state index < -0.39 is 6.10 Å². The van der Waals surface area contributed by atoms with Gasteiger partial charge in [-0.05, 0) is 73.0 Å². The van der Waals surface area contributed by atoms with Crippen molar-refractivity contribution in [2.45, 2.75) is 39.1 Å². The van der Waals surface area contributed by atoms with E-state index in [9.17, 15) is 9.90 Å². The van der Waals surface area contributed by atoms with Crippen LogP contribution in [0.3, 0.4) is 0 Å². The number of para-hydroxylation sites is 1. The molecule has 4 aromatic carbocycles. The molecular weight excluding hydrogens is 552 g/mol. The molecule has 0 aliphatic carbocycles. The molecule has 1 unspecified atom stereocenters. The quantitative estimate of drug-likeness (QED) is 0.205. The number of hydrogen-bond acceptors (Lipinski definition) is 6. The minimum Gasteiger partial charge on any atom is -0.490 e. The van der Waals surface area contributed by atoms with Crippen LogP contribution < -0.4 is 14.4 Å².